The number of halogens is 1. The Labute approximate surface area is 132 Å². The summed E-state index contributed by atoms with van der Waals surface area (Å²) in [5.74, 6) is -0.402. The van der Waals surface area contributed by atoms with Crippen molar-refractivity contribution >= 4 is 5.91 Å². The molecule has 4 rings (SSSR count). The number of piperidine rings is 1. The number of nitrogens with zero attached hydrogens (tertiary/aromatic N) is 4. The zero-order valence-electron chi connectivity index (χ0n) is 12.8. The first-order valence-corrected chi connectivity index (χ1v) is 7.69. The zero-order chi connectivity index (χ0) is 16.0. The molecule has 0 unspecified atom stereocenters. The summed E-state index contributed by atoms with van der Waals surface area (Å²) in [5, 5.41) is 8.07. The van der Waals surface area contributed by atoms with Gasteiger partial charge in [-0.15, -0.1) is 5.10 Å². The van der Waals surface area contributed by atoms with Crippen LogP contribution in [0.1, 0.15) is 34.1 Å². The highest BCUT2D eigenvalue weighted by molar-refractivity contribution is 5.95. The lowest BCUT2D eigenvalue weighted by Gasteiger charge is -2.41. The van der Waals surface area contributed by atoms with Crippen LogP contribution < -0.4 is 0 Å². The summed E-state index contributed by atoms with van der Waals surface area (Å²) in [5.41, 5.74) is 2.17. The summed E-state index contributed by atoms with van der Waals surface area (Å²) in [7, 11) is 0. The lowest BCUT2D eigenvalue weighted by atomic mass is 9.98. The molecule has 23 heavy (non-hydrogen) atoms. The molecule has 1 saturated heterocycles. The second-order valence-electron chi connectivity index (χ2n) is 6.09. The van der Waals surface area contributed by atoms with E-state index >= 15 is 0 Å². The van der Waals surface area contributed by atoms with Crippen LogP contribution in [-0.2, 0) is 11.3 Å². The number of hydrogen-bond acceptors (Lipinski definition) is 4. The van der Waals surface area contributed by atoms with Gasteiger partial charge >= 0.3 is 0 Å². The van der Waals surface area contributed by atoms with Crippen LogP contribution in [0.4, 0.5) is 4.39 Å². The number of fused-ring (bicyclic) bond motifs is 3. The number of amides is 1. The van der Waals surface area contributed by atoms with Gasteiger partial charge in [0.05, 0.1) is 30.6 Å². The second-order valence-corrected chi connectivity index (χ2v) is 6.09. The molecular weight excluding hydrogens is 299 g/mol. The maximum Gasteiger partial charge on any atom is 0.254 e. The van der Waals surface area contributed by atoms with Gasteiger partial charge in [0, 0.05) is 18.7 Å². The number of carbonyl (C=O) groups excluding carboxylic acids is 1. The summed E-state index contributed by atoms with van der Waals surface area (Å²) >= 11 is 0. The highest BCUT2D eigenvalue weighted by Gasteiger charge is 2.38. The Morgan fingerprint density at radius 1 is 1.43 bits per heavy atom. The van der Waals surface area contributed by atoms with Gasteiger partial charge in [0.15, 0.2) is 0 Å². The average molecular weight is 316 g/mol. The molecule has 1 amide bonds. The number of hydrogen-bond donors (Lipinski definition) is 0. The van der Waals surface area contributed by atoms with Crippen molar-refractivity contribution in [1.82, 2.24) is 19.9 Å². The first kappa shape index (κ1) is 14.3. The van der Waals surface area contributed by atoms with Crippen LogP contribution in [0.3, 0.4) is 0 Å². The molecule has 6 nitrogen and oxygen atoms in total. The van der Waals surface area contributed by atoms with Crippen molar-refractivity contribution in [3.63, 3.8) is 0 Å². The van der Waals surface area contributed by atoms with E-state index in [1.165, 1.54) is 12.1 Å². The van der Waals surface area contributed by atoms with Gasteiger partial charge in [-0.1, -0.05) is 5.21 Å². The van der Waals surface area contributed by atoms with Crippen molar-refractivity contribution in [1.29, 1.82) is 0 Å². The fourth-order valence-corrected chi connectivity index (χ4v) is 3.41. The number of ether oxygens (including phenoxy) is 1. The monoisotopic (exact) mass is 316 g/mol. The topological polar surface area (TPSA) is 60.3 Å². The largest absolute Gasteiger partial charge is 0.368 e. The molecule has 2 atom stereocenters. The molecule has 1 fully saturated rings. The number of carbonyl (C=O) groups is 1. The van der Waals surface area contributed by atoms with Crippen LogP contribution in [0.2, 0.25) is 0 Å². The van der Waals surface area contributed by atoms with Gasteiger partial charge in [0.25, 0.3) is 5.91 Å². The Balaban J connectivity index is 1.54. The maximum atomic E-state index is 13.2. The molecule has 1 aromatic carbocycles. The number of rotatable bonds is 1. The molecule has 2 aliphatic heterocycles. The molecule has 2 aromatic rings. The average Bonchev–Trinajstić information content (AvgIpc) is 3.02. The van der Waals surface area contributed by atoms with Gasteiger partial charge in [-0.3, -0.25) is 4.79 Å². The molecule has 0 radical (unpaired) electrons. The minimum absolute atomic E-state index is 0.0751. The summed E-state index contributed by atoms with van der Waals surface area (Å²) < 4.78 is 21.0. The molecule has 120 valence electrons. The predicted octanol–water partition coefficient (Wildman–Crippen LogP) is 1.71. The van der Waals surface area contributed by atoms with E-state index in [2.05, 4.69) is 10.3 Å². The molecule has 2 aliphatic rings. The lowest BCUT2D eigenvalue weighted by Crippen LogP contribution is -2.50. The maximum absolute atomic E-state index is 13.2. The van der Waals surface area contributed by atoms with E-state index in [0.717, 1.165) is 12.1 Å². The van der Waals surface area contributed by atoms with Crippen LogP contribution >= 0.6 is 0 Å². The molecular formula is C16H17FN4O2. The summed E-state index contributed by atoms with van der Waals surface area (Å²) in [6.07, 6.45) is 2.41. The predicted molar refractivity (Wildman–Crippen MR) is 79.3 cm³/mol. The molecule has 0 N–H and O–H groups in total. The van der Waals surface area contributed by atoms with Crippen LogP contribution in [0.15, 0.2) is 24.4 Å². The van der Waals surface area contributed by atoms with E-state index in [1.807, 2.05) is 4.68 Å². The highest BCUT2D eigenvalue weighted by atomic mass is 19.1. The van der Waals surface area contributed by atoms with Crippen molar-refractivity contribution in [3.05, 3.63) is 47.0 Å². The fraction of sp³-hybridized carbons (Fsp3) is 0.438. The number of aryl methyl sites for hydroxylation is 1. The summed E-state index contributed by atoms with van der Waals surface area (Å²) in [6.45, 7) is 3.35. The van der Waals surface area contributed by atoms with E-state index in [-0.39, 0.29) is 23.9 Å². The van der Waals surface area contributed by atoms with Gasteiger partial charge in [-0.25, -0.2) is 9.07 Å². The third kappa shape index (κ3) is 2.41. The van der Waals surface area contributed by atoms with E-state index in [4.69, 9.17) is 4.74 Å². The van der Waals surface area contributed by atoms with E-state index in [0.29, 0.717) is 30.8 Å². The fourth-order valence-electron chi connectivity index (χ4n) is 3.41. The normalized spacial score (nSPS) is 23.3. The Hall–Kier alpha value is -2.28. The molecule has 7 heteroatoms. The van der Waals surface area contributed by atoms with Gasteiger partial charge in [0.1, 0.15) is 5.82 Å². The van der Waals surface area contributed by atoms with Gasteiger partial charge < -0.3 is 9.64 Å². The molecule has 1 aromatic heterocycles. The van der Waals surface area contributed by atoms with E-state index < -0.39 is 0 Å². The standard InChI is InChI=1S/C16H17FN4O2/c1-10-6-11(17)2-3-13(10)16(22)20-5-4-14-15(8-20)23-9-12-7-18-19-21(12)14/h2-3,6-7,14-15H,4-5,8-9H2,1H3/t14-,15-/m0/s1. The third-order valence-electron chi connectivity index (χ3n) is 4.64. The Morgan fingerprint density at radius 3 is 3.13 bits per heavy atom. The third-order valence-corrected chi connectivity index (χ3v) is 4.64. The zero-order valence-corrected chi connectivity index (χ0v) is 12.8. The summed E-state index contributed by atoms with van der Waals surface area (Å²) in [6, 6.07) is 4.39. The molecule has 0 bridgehead atoms. The smallest absolute Gasteiger partial charge is 0.254 e. The minimum Gasteiger partial charge on any atom is -0.368 e. The number of likely N-dealkylation sites (tertiary alicyclic amines) is 1. The Kier molecular flexibility index (Phi) is 3.37. The Bertz CT molecular complexity index is 760. The highest BCUT2D eigenvalue weighted by Crippen LogP contribution is 2.31. The van der Waals surface area contributed by atoms with Crippen molar-refractivity contribution in [2.45, 2.75) is 32.1 Å². The van der Waals surface area contributed by atoms with Gasteiger partial charge in [0.2, 0.25) is 0 Å². The van der Waals surface area contributed by atoms with Gasteiger partial charge in [-0.05, 0) is 37.1 Å². The quantitative estimate of drug-likeness (QED) is 0.803. The Morgan fingerprint density at radius 2 is 2.30 bits per heavy atom. The minimum atomic E-state index is -0.327. The molecule has 0 aliphatic carbocycles. The number of aromatic nitrogens is 3. The molecule has 0 saturated carbocycles. The van der Waals surface area contributed by atoms with Crippen molar-refractivity contribution in [2.24, 2.45) is 0 Å². The van der Waals surface area contributed by atoms with Crippen LogP contribution in [0.5, 0.6) is 0 Å². The van der Waals surface area contributed by atoms with Crippen LogP contribution in [0.25, 0.3) is 0 Å². The lowest BCUT2D eigenvalue weighted by molar-refractivity contribution is -0.0627. The summed E-state index contributed by atoms with van der Waals surface area (Å²) in [4.78, 5) is 14.5. The van der Waals surface area contributed by atoms with Gasteiger partial charge in [-0.2, -0.15) is 0 Å². The first-order valence-electron chi connectivity index (χ1n) is 7.69. The van der Waals surface area contributed by atoms with Crippen LogP contribution in [0, 0.1) is 12.7 Å². The molecule has 3 heterocycles. The van der Waals surface area contributed by atoms with Crippen molar-refractivity contribution in [3.8, 4) is 0 Å². The first-order chi connectivity index (χ1) is 11.1. The number of benzene rings is 1. The van der Waals surface area contributed by atoms with E-state index in [9.17, 15) is 9.18 Å². The van der Waals surface area contributed by atoms with Crippen molar-refractivity contribution < 1.29 is 13.9 Å². The van der Waals surface area contributed by atoms with Crippen molar-refractivity contribution in [2.75, 3.05) is 13.1 Å². The van der Waals surface area contributed by atoms with Crippen LogP contribution in [-0.4, -0.2) is 45.0 Å². The second kappa shape index (κ2) is 5.42. The SMILES string of the molecule is Cc1cc(F)ccc1C(=O)N1CC[C@H]2[C@H](C1)OCc1cnnn12. The molecule has 0 spiro atoms. The van der Waals surface area contributed by atoms with E-state index in [1.54, 1.807) is 24.1 Å².